The molecule has 2 rings (SSSR count). The third-order valence-corrected chi connectivity index (χ3v) is 3.73. The van der Waals surface area contributed by atoms with Gasteiger partial charge in [-0.2, -0.15) is 0 Å². The van der Waals surface area contributed by atoms with E-state index in [-0.39, 0.29) is 11.8 Å². The van der Waals surface area contributed by atoms with Gasteiger partial charge in [0.05, 0.1) is 0 Å². The third-order valence-electron chi connectivity index (χ3n) is 3.73. The van der Waals surface area contributed by atoms with Gasteiger partial charge in [-0.3, -0.25) is 9.59 Å². The summed E-state index contributed by atoms with van der Waals surface area (Å²) in [6.07, 6.45) is 1.29. The van der Waals surface area contributed by atoms with Gasteiger partial charge in [-0.05, 0) is 48.7 Å². The number of amides is 2. The van der Waals surface area contributed by atoms with Gasteiger partial charge in [0, 0.05) is 23.4 Å². The first kappa shape index (κ1) is 16.7. The van der Waals surface area contributed by atoms with E-state index in [1.54, 1.807) is 31.2 Å². The fourth-order valence-electron chi connectivity index (χ4n) is 2.34. The molecule has 0 heterocycles. The standard InChI is InChI=1S/C19H22N2O2/c1-4-14-8-6-7-13(3)18(14)21-19(23)15-9-11-16(12-10-15)20-17(22)5-2/h6-12H,4-5H2,1-3H3,(H,20,22)(H,21,23). The molecule has 0 aliphatic carbocycles. The van der Waals surface area contributed by atoms with Crippen molar-refractivity contribution in [2.24, 2.45) is 0 Å². The van der Waals surface area contributed by atoms with Crippen LogP contribution in [0.5, 0.6) is 0 Å². The SMILES string of the molecule is CCC(=O)Nc1ccc(C(=O)Nc2c(C)cccc2CC)cc1. The topological polar surface area (TPSA) is 58.2 Å². The molecule has 2 aromatic carbocycles. The molecule has 4 heteroatoms. The van der Waals surface area contributed by atoms with E-state index in [9.17, 15) is 9.59 Å². The van der Waals surface area contributed by atoms with Crippen molar-refractivity contribution in [2.75, 3.05) is 10.6 Å². The van der Waals surface area contributed by atoms with Gasteiger partial charge in [0.25, 0.3) is 5.91 Å². The highest BCUT2D eigenvalue weighted by Gasteiger charge is 2.10. The van der Waals surface area contributed by atoms with E-state index >= 15 is 0 Å². The van der Waals surface area contributed by atoms with Crippen molar-refractivity contribution in [2.45, 2.75) is 33.6 Å². The van der Waals surface area contributed by atoms with Gasteiger partial charge in [0.2, 0.25) is 5.91 Å². The molecule has 0 aromatic heterocycles. The van der Waals surface area contributed by atoms with Crippen LogP contribution in [0.1, 0.15) is 41.8 Å². The number of carbonyl (C=O) groups excluding carboxylic acids is 2. The van der Waals surface area contributed by atoms with Crippen molar-refractivity contribution in [1.29, 1.82) is 0 Å². The Kier molecular flexibility index (Phi) is 5.52. The molecule has 120 valence electrons. The van der Waals surface area contributed by atoms with Gasteiger partial charge in [0.1, 0.15) is 0 Å². The number of benzene rings is 2. The quantitative estimate of drug-likeness (QED) is 0.871. The summed E-state index contributed by atoms with van der Waals surface area (Å²) in [6.45, 7) is 5.85. The Balaban J connectivity index is 2.14. The molecule has 0 saturated carbocycles. The van der Waals surface area contributed by atoms with Gasteiger partial charge in [-0.1, -0.05) is 32.0 Å². The minimum atomic E-state index is -0.151. The fourth-order valence-corrected chi connectivity index (χ4v) is 2.34. The molecule has 23 heavy (non-hydrogen) atoms. The van der Waals surface area contributed by atoms with Crippen LogP contribution in [0.4, 0.5) is 11.4 Å². The van der Waals surface area contributed by atoms with Crippen molar-refractivity contribution in [3.63, 3.8) is 0 Å². The highest BCUT2D eigenvalue weighted by molar-refractivity contribution is 6.05. The number of aryl methyl sites for hydroxylation is 2. The summed E-state index contributed by atoms with van der Waals surface area (Å²) >= 11 is 0. The molecule has 0 unspecified atom stereocenters. The summed E-state index contributed by atoms with van der Waals surface area (Å²) in [6, 6.07) is 12.9. The summed E-state index contributed by atoms with van der Waals surface area (Å²) in [5.41, 5.74) is 4.29. The summed E-state index contributed by atoms with van der Waals surface area (Å²) in [7, 11) is 0. The lowest BCUT2D eigenvalue weighted by Crippen LogP contribution is -2.14. The molecule has 0 aliphatic heterocycles. The summed E-state index contributed by atoms with van der Waals surface area (Å²) < 4.78 is 0. The smallest absolute Gasteiger partial charge is 0.255 e. The van der Waals surface area contributed by atoms with Crippen molar-refractivity contribution in [1.82, 2.24) is 0 Å². The van der Waals surface area contributed by atoms with Crippen LogP contribution in [0.2, 0.25) is 0 Å². The predicted molar refractivity (Wildman–Crippen MR) is 93.9 cm³/mol. The number of rotatable bonds is 5. The van der Waals surface area contributed by atoms with Gasteiger partial charge in [-0.15, -0.1) is 0 Å². The molecular weight excluding hydrogens is 288 g/mol. The van der Waals surface area contributed by atoms with E-state index in [2.05, 4.69) is 17.6 Å². The highest BCUT2D eigenvalue weighted by atomic mass is 16.2. The molecule has 0 radical (unpaired) electrons. The van der Waals surface area contributed by atoms with Gasteiger partial charge in [-0.25, -0.2) is 0 Å². The second-order valence-corrected chi connectivity index (χ2v) is 5.40. The zero-order valence-electron chi connectivity index (χ0n) is 13.8. The van der Waals surface area contributed by atoms with E-state index in [1.807, 2.05) is 25.1 Å². The lowest BCUT2D eigenvalue weighted by Gasteiger charge is -2.13. The molecule has 0 fully saturated rings. The zero-order valence-corrected chi connectivity index (χ0v) is 13.8. The maximum Gasteiger partial charge on any atom is 0.255 e. The summed E-state index contributed by atoms with van der Waals surface area (Å²) in [4.78, 5) is 23.8. The van der Waals surface area contributed by atoms with Crippen LogP contribution in [-0.4, -0.2) is 11.8 Å². The molecule has 0 aliphatic rings. The average Bonchev–Trinajstić information content (AvgIpc) is 2.57. The first-order chi connectivity index (χ1) is 11.0. The maximum atomic E-state index is 12.4. The van der Waals surface area contributed by atoms with Gasteiger partial charge >= 0.3 is 0 Å². The first-order valence-electron chi connectivity index (χ1n) is 7.84. The average molecular weight is 310 g/mol. The molecule has 4 nitrogen and oxygen atoms in total. The van der Waals surface area contributed by atoms with E-state index in [0.29, 0.717) is 17.7 Å². The number of carbonyl (C=O) groups is 2. The van der Waals surface area contributed by atoms with Crippen LogP contribution in [0.25, 0.3) is 0 Å². The van der Waals surface area contributed by atoms with Crippen LogP contribution < -0.4 is 10.6 Å². The molecule has 0 bridgehead atoms. The minimum Gasteiger partial charge on any atom is -0.326 e. The molecule has 0 spiro atoms. The van der Waals surface area contributed by atoms with Crippen molar-refractivity contribution in [3.05, 3.63) is 59.2 Å². The third kappa shape index (κ3) is 4.19. The van der Waals surface area contributed by atoms with E-state index in [1.165, 1.54) is 0 Å². The predicted octanol–water partition coefficient (Wildman–Crippen LogP) is 4.16. The molecule has 0 saturated heterocycles. The van der Waals surface area contributed by atoms with E-state index in [4.69, 9.17) is 0 Å². The normalized spacial score (nSPS) is 10.2. The molecular formula is C19H22N2O2. The number of hydrogen-bond donors (Lipinski definition) is 2. The van der Waals surface area contributed by atoms with E-state index < -0.39 is 0 Å². The van der Waals surface area contributed by atoms with Crippen molar-refractivity contribution < 1.29 is 9.59 Å². The van der Waals surface area contributed by atoms with Crippen LogP contribution >= 0.6 is 0 Å². The molecule has 2 N–H and O–H groups in total. The Bertz CT molecular complexity index is 706. The number of hydrogen-bond acceptors (Lipinski definition) is 2. The maximum absolute atomic E-state index is 12.4. The summed E-state index contributed by atoms with van der Waals surface area (Å²) in [5.74, 6) is -0.197. The van der Waals surface area contributed by atoms with Crippen LogP contribution in [0.15, 0.2) is 42.5 Å². The first-order valence-corrected chi connectivity index (χ1v) is 7.84. The summed E-state index contributed by atoms with van der Waals surface area (Å²) in [5, 5.41) is 5.76. The monoisotopic (exact) mass is 310 g/mol. The Labute approximate surface area is 136 Å². The highest BCUT2D eigenvalue weighted by Crippen LogP contribution is 2.22. The molecule has 0 atom stereocenters. The van der Waals surface area contributed by atoms with Crippen LogP contribution in [0, 0.1) is 6.92 Å². The number of anilines is 2. The van der Waals surface area contributed by atoms with Gasteiger partial charge in [0.15, 0.2) is 0 Å². The number of para-hydroxylation sites is 1. The zero-order chi connectivity index (χ0) is 16.8. The minimum absolute atomic E-state index is 0.0466. The Morgan fingerprint density at radius 2 is 1.65 bits per heavy atom. The second-order valence-electron chi connectivity index (χ2n) is 5.40. The van der Waals surface area contributed by atoms with Crippen molar-refractivity contribution >= 4 is 23.2 Å². The Hall–Kier alpha value is -2.62. The Morgan fingerprint density at radius 3 is 2.26 bits per heavy atom. The fraction of sp³-hybridized carbons (Fsp3) is 0.263. The van der Waals surface area contributed by atoms with Gasteiger partial charge < -0.3 is 10.6 Å². The molecule has 2 amide bonds. The number of nitrogens with one attached hydrogen (secondary N) is 2. The Morgan fingerprint density at radius 1 is 0.957 bits per heavy atom. The van der Waals surface area contributed by atoms with Crippen molar-refractivity contribution in [3.8, 4) is 0 Å². The largest absolute Gasteiger partial charge is 0.326 e. The van der Waals surface area contributed by atoms with E-state index in [0.717, 1.165) is 23.2 Å². The van der Waals surface area contributed by atoms with Crippen LogP contribution in [-0.2, 0) is 11.2 Å². The second kappa shape index (κ2) is 7.58. The lowest BCUT2D eigenvalue weighted by molar-refractivity contribution is -0.115. The molecule has 2 aromatic rings. The van der Waals surface area contributed by atoms with Crippen LogP contribution in [0.3, 0.4) is 0 Å². The lowest BCUT2D eigenvalue weighted by atomic mass is 10.1.